The highest BCUT2D eigenvalue weighted by Crippen LogP contribution is 2.22. The Kier molecular flexibility index (Phi) is 5.70. The number of aliphatic hydroxyl groups is 6. The van der Waals surface area contributed by atoms with Crippen LogP contribution < -0.4 is 0 Å². The summed E-state index contributed by atoms with van der Waals surface area (Å²) < 4.78 is 10.0. The van der Waals surface area contributed by atoms with Gasteiger partial charge in [-0.05, 0) is 0 Å². The number of rotatable bonds is 5. The second-order valence-corrected chi connectivity index (χ2v) is 3.82. The highest BCUT2D eigenvalue weighted by molar-refractivity contribution is 4.89. The van der Waals surface area contributed by atoms with E-state index in [1.165, 1.54) is 0 Å². The predicted molar refractivity (Wildman–Crippen MR) is 52.8 cm³/mol. The zero-order valence-electron chi connectivity index (χ0n) is 9.09. The smallest absolute Gasteiger partial charge is 0.187 e. The second-order valence-electron chi connectivity index (χ2n) is 3.82. The number of aliphatic hydroxyl groups excluding tert-OH is 6. The van der Waals surface area contributed by atoms with Crippen molar-refractivity contribution < 1.29 is 40.1 Å². The molecule has 8 heteroatoms. The Labute approximate surface area is 97.6 Å². The van der Waals surface area contributed by atoms with Crippen LogP contribution in [-0.2, 0) is 9.47 Å². The van der Waals surface area contributed by atoms with E-state index in [-0.39, 0.29) is 0 Å². The van der Waals surface area contributed by atoms with E-state index in [0.29, 0.717) is 0 Å². The lowest BCUT2D eigenvalue weighted by Gasteiger charge is -2.40. The third kappa shape index (κ3) is 3.33. The maximum atomic E-state index is 9.56. The van der Waals surface area contributed by atoms with Gasteiger partial charge in [0.2, 0.25) is 0 Å². The molecule has 1 aliphatic rings. The minimum atomic E-state index is -1.54. The summed E-state index contributed by atoms with van der Waals surface area (Å²) in [6.45, 7) is -1.55. The van der Waals surface area contributed by atoms with E-state index in [0.717, 1.165) is 0 Å². The predicted octanol–water partition coefficient (Wildman–Crippen LogP) is -3.84. The molecule has 0 aromatic rings. The molecular weight excluding hydrogens is 236 g/mol. The second kappa shape index (κ2) is 6.57. The lowest BCUT2D eigenvalue weighted by molar-refractivity contribution is -0.315. The molecular formula is C9H18O8. The van der Waals surface area contributed by atoms with Crippen molar-refractivity contribution >= 4 is 0 Å². The third-order valence-corrected chi connectivity index (χ3v) is 2.58. The van der Waals surface area contributed by atoms with Crippen molar-refractivity contribution in [3.05, 3.63) is 0 Å². The fraction of sp³-hybridized carbons (Fsp3) is 1.00. The first kappa shape index (κ1) is 14.7. The van der Waals surface area contributed by atoms with Gasteiger partial charge in [0.1, 0.15) is 30.5 Å². The Bertz CT molecular complexity index is 217. The molecule has 0 unspecified atom stereocenters. The van der Waals surface area contributed by atoms with Gasteiger partial charge < -0.3 is 40.1 Å². The highest BCUT2D eigenvalue weighted by atomic mass is 16.7. The Balaban J connectivity index is 2.65. The van der Waals surface area contributed by atoms with Crippen LogP contribution in [0.1, 0.15) is 0 Å². The molecule has 17 heavy (non-hydrogen) atoms. The molecule has 0 bridgehead atoms. The van der Waals surface area contributed by atoms with Crippen LogP contribution in [0.4, 0.5) is 0 Å². The average molecular weight is 254 g/mol. The van der Waals surface area contributed by atoms with Crippen LogP contribution in [0.2, 0.25) is 0 Å². The molecule has 8 nitrogen and oxygen atoms in total. The minimum absolute atomic E-state index is 0.495. The maximum absolute atomic E-state index is 9.56. The monoisotopic (exact) mass is 254 g/mol. The Morgan fingerprint density at radius 1 is 0.941 bits per heavy atom. The largest absolute Gasteiger partial charge is 0.394 e. The maximum Gasteiger partial charge on any atom is 0.187 e. The minimum Gasteiger partial charge on any atom is -0.394 e. The number of hydrogen-bond acceptors (Lipinski definition) is 8. The number of ether oxygens (including phenoxy) is 2. The van der Waals surface area contributed by atoms with Crippen molar-refractivity contribution in [1.82, 2.24) is 0 Å². The molecule has 0 amide bonds. The molecule has 0 aromatic carbocycles. The van der Waals surface area contributed by atoms with E-state index >= 15 is 0 Å². The van der Waals surface area contributed by atoms with Gasteiger partial charge in [0.05, 0.1) is 19.8 Å². The van der Waals surface area contributed by atoms with E-state index in [2.05, 4.69) is 0 Å². The summed E-state index contributed by atoms with van der Waals surface area (Å²) in [5, 5.41) is 55.0. The molecule has 6 N–H and O–H groups in total. The van der Waals surface area contributed by atoms with E-state index < -0.39 is 56.6 Å². The summed E-state index contributed by atoms with van der Waals surface area (Å²) in [4.78, 5) is 0. The molecule has 1 rings (SSSR count). The summed E-state index contributed by atoms with van der Waals surface area (Å²) in [5.74, 6) is 0. The fourth-order valence-electron chi connectivity index (χ4n) is 1.51. The van der Waals surface area contributed by atoms with Crippen LogP contribution in [0.25, 0.3) is 0 Å². The van der Waals surface area contributed by atoms with Gasteiger partial charge >= 0.3 is 0 Å². The van der Waals surface area contributed by atoms with E-state index in [1.54, 1.807) is 0 Å². The van der Waals surface area contributed by atoms with Crippen molar-refractivity contribution in [2.24, 2.45) is 0 Å². The molecule has 1 saturated heterocycles. The molecule has 5 atom stereocenters. The Hall–Kier alpha value is -0.320. The average Bonchev–Trinajstić information content (AvgIpc) is 2.35. The molecule has 0 radical (unpaired) electrons. The zero-order valence-corrected chi connectivity index (χ0v) is 9.09. The standard InChI is InChI=1S/C9H18O8/c10-1-4(2-11)16-9-8(15)7(14)6(13)5(3-12)17-9/h4-15H,1-3H2/t5-,6-,7+,8+,9-/m1/s1. The van der Waals surface area contributed by atoms with Gasteiger partial charge in [-0.2, -0.15) is 0 Å². The van der Waals surface area contributed by atoms with Crippen LogP contribution >= 0.6 is 0 Å². The first-order chi connectivity index (χ1) is 8.04. The Morgan fingerprint density at radius 3 is 2.00 bits per heavy atom. The first-order valence-electron chi connectivity index (χ1n) is 5.22. The normalized spacial score (nSPS) is 38.6. The molecule has 102 valence electrons. The van der Waals surface area contributed by atoms with Gasteiger partial charge in [-0.25, -0.2) is 0 Å². The summed E-state index contributed by atoms with van der Waals surface area (Å²) in [6, 6.07) is 0. The molecule has 1 fully saturated rings. The molecule has 1 aliphatic heterocycles. The van der Waals surface area contributed by atoms with Crippen molar-refractivity contribution in [1.29, 1.82) is 0 Å². The van der Waals surface area contributed by atoms with Gasteiger partial charge in [-0.3, -0.25) is 0 Å². The topological polar surface area (TPSA) is 140 Å². The lowest BCUT2D eigenvalue weighted by Crippen LogP contribution is -2.60. The van der Waals surface area contributed by atoms with Gasteiger partial charge in [-0.1, -0.05) is 0 Å². The highest BCUT2D eigenvalue weighted by Gasteiger charge is 2.44. The summed E-state index contributed by atoms with van der Waals surface area (Å²) >= 11 is 0. The zero-order chi connectivity index (χ0) is 13.0. The van der Waals surface area contributed by atoms with Crippen molar-refractivity contribution in [3.63, 3.8) is 0 Å². The van der Waals surface area contributed by atoms with Gasteiger partial charge in [0.25, 0.3) is 0 Å². The first-order valence-corrected chi connectivity index (χ1v) is 5.22. The third-order valence-electron chi connectivity index (χ3n) is 2.58. The van der Waals surface area contributed by atoms with E-state index in [9.17, 15) is 15.3 Å². The van der Waals surface area contributed by atoms with Crippen molar-refractivity contribution in [2.45, 2.75) is 36.8 Å². The molecule has 0 aliphatic carbocycles. The number of hydrogen-bond donors (Lipinski definition) is 6. The van der Waals surface area contributed by atoms with Gasteiger partial charge in [-0.15, -0.1) is 0 Å². The van der Waals surface area contributed by atoms with E-state index in [1.807, 2.05) is 0 Å². The summed E-state index contributed by atoms with van der Waals surface area (Å²) in [6.07, 6.45) is -7.92. The lowest BCUT2D eigenvalue weighted by atomic mass is 9.99. The fourth-order valence-corrected chi connectivity index (χ4v) is 1.51. The van der Waals surface area contributed by atoms with Crippen LogP contribution in [0.15, 0.2) is 0 Å². The quantitative estimate of drug-likeness (QED) is 0.293. The van der Waals surface area contributed by atoms with Crippen molar-refractivity contribution in [3.8, 4) is 0 Å². The molecule has 0 spiro atoms. The SMILES string of the molecule is OCC(CO)O[C@@H]1O[C@H](CO)[C@@H](O)[C@H](O)[C@@H]1O. The van der Waals surface area contributed by atoms with Gasteiger partial charge in [0.15, 0.2) is 6.29 Å². The summed E-state index contributed by atoms with van der Waals surface area (Å²) in [7, 11) is 0. The van der Waals surface area contributed by atoms with Crippen LogP contribution in [0, 0.1) is 0 Å². The molecule has 1 heterocycles. The van der Waals surface area contributed by atoms with E-state index in [4.69, 9.17) is 24.8 Å². The van der Waals surface area contributed by atoms with Crippen LogP contribution in [0.3, 0.4) is 0 Å². The van der Waals surface area contributed by atoms with Crippen molar-refractivity contribution in [2.75, 3.05) is 19.8 Å². The van der Waals surface area contributed by atoms with Crippen LogP contribution in [-0.4, -0.2) is 87.3 Å². The summed E-state index contributed by atoms with van der Waals surface area (Å²) in [5.41, 5.74) is 0. The van der Waals surface area contributed by atoms with Crippen LogP contribution in [0.5, 0.6) is 0 Å². The molecule has 0 saturated carbocycles. The molecule has 0 aromatic heterocycles. The van der Waals surface area contributed by atoms with Gasteiger partial charge in [0, 0.05) is 0 Å². The Morgan fingerprint density at radius 2 is 1.53 bits per heavy atom.